The van der Waals surface area contributed by atoms with E-state index in [9.17, 15) is 4.79 Å². The lowest BCUT2D eigenvalue weighted by atomic mass is 9.97. The number of likely N-dealkylation sites (tertiary alicyclic amines) is 1. The third-order valence-corrected chi connectivity index (χ3v) is 5.24. The molecule has 0 radical (unpaired) electrons. The van der Waals surface area contributed by atoms with Crippen molar-refractivity contribution in [2.75, 3.05) is 19.6 Å². The number of hydrogen-bond acceptors (Lipinski definition) is 2. The predicted octanol–water partition coefficient (Wildman–Crippen LogP) is 2.70. The van der Waals surface area contributed by atoms with E-state index >= 15 is 0 Å². The number of nitrogens with one attached hydrogen (secondary N) is 2. The molecule has 1 aromatic heterocycles. The summed E-state index contributed by atoms with van der Waals surface area (Å²) in [6.45, 7) is 5.06. The van der Waals surface area contributed by atoms with Crippen molar-refractivity contribution in [2.45, 2.75) is 44.6 Å². The van der Waals surface area contributed by atoms with Crippen LogP contribution in [0.25, 0.3) is 0 Å². The molecule has 1 fully saturated rings. The van der Waals surface area contributed by atoms with Gasteiger partial charge in [-0.15, -0.1) is 0 Å². The van der Waals surface area contributed by atoms with Crippen molar-refractivity contribution >= 4 is 5.91 Å². The average molecular weight is 341 g/mol. The Morgan fingerprint density at radius 2 is 1.88 bits per heavy atom. The molecular weight excluding hydrogens is 312 g/mol. The fourth-order valence-electron chi connectivity index (χ4n) is 3.76. The third-order valence-electron chi connectivity index (χ3n) is 5.24. The Hall–Kier alpha value is -2.07. The molecule has 4 heteroatoms. The molecule has 0 spiro atoms. The van der Waals surface area contributed by atoms with Crippen LogP contribution in [0.3, 0.4) is 0 Å². The minimum absolute atomic E-state index is 0.115. The first kappa shape index (κ1) is 17.7. The van der Waals surface area contributed by atoms with Crippen molar-refractivity contribution in [2.24, 2.45) is 0 Å². The Bertz CT molecular complexity index is 633. The van der Waals surface area contributed by atoms with Gasteiger partial charge in [0.2, 0.25) is 5.91 Å². The topological polar surface area (TPSA) is 46.7 Å². The fourth-order valence-corrected chi connectivity index (χ4v) is 3.76. The van der Waals surface area contributed by atoms with Gasteiger partial charge in [-0.05, 0) is 42.9 Å². The minimum atomic E-state index is 0.115. The van der Waals surface area contributed by atoms with Gasteiger partial charge in [0.1, 0.15) is 0 Å². The van der Waals surface area contributed by atoms with Gasteiger partial charge in [0, 0.05) is 6.42 Å². The minimum Gasteiger partial charge on any atom is -0.463 e. The van der Waals surface area contributed by atoms with Crippen LogP contribution >= 0.6 is 0 Å². The van der Waals surface area contributed by atoms with Crippen molar-refractivity contribution in [3.8, 4) is 0 Å². The molecule has 4 nitrogen and oxygen atoms in total. The molecule has 3 rings (SSSR count). The van der Waals surface area contributed by atoms with Gasteiger partial charge in [0.15, 0.2) is 11.8 Å². The van der Waals surface area contributed by atoms with Crippen LogP contribution in [0, 0.1) is 0 Å². The van der Waals surface area contributed by atoms with Gasteiger partial charge in [-0.2, -0.15) is 0 Å². The highest BCUT2D eigenvalue weighted by atomic mass is 16.3. The number of rotatable bonds is 7. The fraction of sp³-hybridized carbons (Fsp3) is 0.476. The van der Waals surface area contributed by atoms with Crippen LogP contribution in [0.4, 0.5) is 0 Å². The molecule has 134 valence electrons. The molecule has 0 unspecified atom stereocenters. The van der Waals surface area contributed by atoms with E-state index in [-0.39, 0.29) is 17.9 Å². The second kappa shape index (κ2) is 8.86. The van der Waals surface area contributed by atoms with Gasteiger partial charge in [0.25, 0.3) is 0 Å². The summed E-state index contributed by atoms with van der Waals surface area (Å²) in [6, 6.07) is 14.4. The molecule has 0 aliphatic carbocycles. The summed E-state index contributed by atoms with van der Waals surface area (Å²) in [7, 11) is 0. The number of carbonyl (C=O) groups excluding carboxylic acids is 1. The quantitative estimate of drug-likeness (QED) is 0.813. The van der Waals surface area contributed by atoms with Gasteiger partial charge >= 0.3 is 0 Å². The van der Waals surface area contributed by atoms with Crippen molar-refractivity contribution < 1.29 is 14.1 Å². The maximum Gasteiger partial charge on any atom is 0.220 e. The SMILES string of the molecule is C[C@H](CC(=O)NC[C@@H](c1ccco1)[NH+]1CCCCC1)c1ccccc1. The average Bonchev–Trinajstić information content (AvgIpc) is 3.18. The standard InChI is InChI=1S/C21H28N2O2/c1-17(18-9-4-2-5-10-18)15-21(24)22-16-19(20-11-8-14-25-20)23-12-6-3-7-13-23/h2,4-5,8-11,14,17,19H,3,6-7,12-13,15-16H2,1H3,(H,22,24)/p+1/t17-,19+/m1/s1. The number of piperidine rings is 1. The van der Waals surface area contributed by atoms with Crippen LogP contribution < -0.4 is 10.2 Å². The molecule has 0 saturated carbocycles. The molecule has 2 aromatic rings. The summed E-state index contributed by atoms with van der Waals surface area (Å²) in [5.74, 6) is 1.32. The molecule has 1 aromatic carbocycles. The van der Waals surface area contributed by atoms with Crippen molar-refractivity contribution in [3.63, 3.8) is 0 Å². The second-order valence-electron chi connectivity index (χ2n) is 7.11. The normalized spacial score (nSPS) is 17.8. The monoisotopic (exact) mass is 341 g/mol. The van der Waals surface area contributed by atoms with E-state index in [4.69, 9.17) is 4.42 Å². The third kappa shape index (κ3) is 4.95. The van der Waals surface area contributed by atoms with Crippen molar-refractivity contribution in [3.05, 3.63) is 60.1 Å². The Kier molecular flexibility index (Phi) is 6.29. The molecule has 0 bridgehead atoms. The zero-order chi connectivity index (χ0) is 17.5. The zero-order valence-electron chi connectivity index (χ0n) is 15.0. The summed E-state index contributed by atoms with van der Waals surface area (Å²) in [6.07, 6.45) is 6.07. The van der Waals surface area contributed by atoms with Gasteiger partial charge in [0.05, 0.1) is 25.9 Å². The highest BCUT2D eigenvalue weighted by Crippen LogP contribution is 2.18. The van der Waals surface area contributed by atoms with E-state index in [0.29, 0.717) is 13.0 Å². The van der Waals surface area contributed by atoms with Gasteiger partial charge in [-0.3, -0.25) is 4.79 Å². The summed E-state index contributed by atoms with van der Waals surface area (Å²) < 4.78 is 5.66. The Labute approximate surface area is 150 Å². The largest absolute Gasteiger partial charge is 0.463 e. The summed E-state index contributed by atoms with van der Waals surface area (Å²) in [4.78, 5) is 14.0. The molecular formula is C21H29N2O2+. The van der Waals surface area contributed by atoms with Crippen LogP contribution in [-0.4, -0.2) is 25.5 Å². The summed E-state index contributed by atoms with van der Waals surface area (Å²) >= 11 is 0. The molecule has 2 heterocycles. The molecule has 1 amide bonds. The lowest BCUT2D eigenvalue weighted by Gasteiger charge is -2.30. The first-order chi connectivity index (χ1) is 12.2. The highest BCUT2D eigenvalue weighted by Gasteiger charge is 2.28. The van der Waals surface area contributed by atoms with E-state index < -0.39 is 0 Å². The van der Waals surface area contributed by atoms with E-state index in [1.54, 1.807) is 6.26 Å². The smallest absolute Gasteiger partial charge is 0.220 e. The Morgan fingerprint density at radius 1 is 1.12 bits per heavy atom. The summed E-state index contributed by atoms with van der Waals surface area (Å²) in [5, 5.41) is 3.15. The second-order valence-corrected chi connectivity index (χ2v) is 7.11. The van der Waals surface area contributed by atoms with E-state index in [0.717, 1.165) is 18.8 Å². The number of quaternary nitrogens is 1. The van der Waals surface area contributed by atoms with Gasteiger partial charge in [-0.1, -0.05) is 37.3 Å². The zero-order valence-corrected chi connectivity index (χ0v) is 15.0. The Balaban J connectivity index is 1.56. The predicted molar refractivity (Wildman–Crippen MR) is 98.5 cm³/mol. The first-order valence-corrected chi connectivity index (χ1v) is 9.43. The number of carbonyl (C=O) groups is 1. The molecule has 1 aliphatic heterocycles. The lowest BCUT2D eigenvalue weighted by Crippen LogP contribution is -3.13. The van der Waals surface area contributed by atoms with E-state index in [1.807, 2.05) is 30.3 Å². The van der Waals surface area contributed by atoms with Crippen LogP contribution in [0.2, 0.25) is 0 Å². The molecule has 25 heavy (non-hydrogen) atoms. The molecule has 2 atom stereocenters. The number of benzene rings is 1. The van der Waals surface area contributed by atoms with Gasteiger partial charge in [-0.25, -0.2) is 0 Å². The van der Waals surface area contributed by atoms with Crippen LogP contribution in [0.1, 0.15) is 55.9 Å². The van der Waals surface area contributed by atoms with E-state index in [1.165, 1.54) is 29.7 Å². The lowest BCUT2D eigenvalue weighted by molar-refractivity contribution is -0.936. The van der Waals surface area contributed by atoms with Gasteiger partial charge < -0.3 is 14.6 Å². The molecule has 2 N–H and O–H groups in total. The maximum absolute atomic E-state index is 12.4. The Morgan fingerprint density at radius 3 is 2.56 bits per heavy atom. The number of amides is 1. The van der Waals surface area contributed by atoms with Crippen LogP contribution in [0.15, 0.2) is 53.1 Å². The number of furan rings is 1. The summed E-state index contributed by atoms with van der Waals surface area (Å²) in [5.41, 5.74) is 1.21. The highest BCUT2D eigenvalue weighted by molar-refractivity contribution is 5.76. The number of hydrogen-bond donors (Lipinski definition) is 2. The molecule has 1 aliphatic rings. The molecule has 1 saturated heterocycles. The van der Waals surface area contributed by atoms with Crippen LogP contribution in [-0.2, 0) is 4.79 Å². The maximum atomic E-state index is 12.4. The van der Waals surface area contributed by atoms with Crippen molar-refractivity contribution in [1.82, 2.24) is 5.32 Å². The van der Waals surface area contributed by atoms with Crippen molar-refractivity contribution in [1.29, 1.82) is 0 Å². The van der Waals surface area contributed by atoms with E-state index in [2.05, 4.69) is 24.4 Å². The first-order valence-electron chi connectivity index (χ1n) is 9.43. The van der Waals surface area contributed by atoms with Crippen LogP contribution in [0.5, 0.6) is 0 Å².